The number of fused-ring (bicyclic) bond motifs is 1. The summed E-state index contributed by atoms with van der Waals surface area (Å²) in [6.07, 6.45) is 1.38. The molecule has 0 unspecified atom stereocenters. The summed E-state index contributed by atoms with van der Waals surface area (Å²) in [6, 6.07) is 25.0. The zero-order chi connectivity index (χ0) is 29.1. The Balaban J connectivity index is 1.48. The second kappa shape index (κ2) is 12.1. The molecule has 0 atom stereocenters. The smallest absolute Gasteiger partial charge is 0.343 e. The summed E-state index contributed by atoms with van der Waals surface area (Å²) in [6.45, 7) is 1.93. The van der Waals surface area contributed by atoms with Gasteiger partial charge in [-0.3, -0.25) is 4.79 Å². The largest absolute Gasteiger partial charge is 0.421 e. The highest BCUT2D eigenvalue weighted by Crippen LogP contribution is 2.38. The number of carbonyl (C=O) groups is 2. The van der Waals surface area contributed by atoms with E-state index in [9.17, 15) is 14.9 Å². The molecule has 1 aromatic heterocycles. The van der Waals surface area contributed by atoms with Crippen LogP contribution in [0.2, 0.25) is 5.02 Å². The standard InChI is InChI=1S/C31H19Br2ClN4O3/c1-17-9-11-18(12-10-17)31(40)41-29-20(13-21(32)14-24(29)33)16-36-38-30(39)28-26(22-6-2-3-8-25(22)34)23-7-4-5-19(15-35)27(23)37-28/h2-14,16,37H,1H3,(H,38,39). The summed E-state index contributed by atoms with van der Waals surface area (Å²) >= 11 is 13.4. The van der Waals surface area contributed by atoms with E-state index in [0.29, 0.717) is 52.7 Å². The summed E-state index contributed by atoms with van der Waals surface area (Å²) in [7, 11) is 0. The second-order valence-electron chi connectivity index (χ2n) is 8.96. The van der Waals surface area contributed by atoms with Crippen molar-refractivity contribution in [1.82, 2.24) is 10.4 Å². The lowest BCUT2D eigenvalue weighted by molar-refractivity contribution is 0.0733. The number of aromatic nitrogens is 1. The number of nitriles is 1. The number of rotatable bonds is 6. The molecule has 41 heavy (non-hydrogen) atoms. The summed E-state index contributed by atoms with van der Waals surface area (Å²) in [5.41, 5.74) is 6.65. The van der Waals surface area contributed by atoms with Gasteiger partial charge in [-0.25, -0.2) is 10.2 Å². The van der Waals surface area contributed by atoms with E-state index in [4.69, 9.17) is 16.3 Å². The van der Waals surface area contributed by atoms with Gasteiger partial charge in [-0.05, 0) is 59.3 Å². The normalized spacial score (nSPS) is 11.0. The Bertz CT molecular complexity index is 1890. The first kappa shape index (κ1) is 28.3. The maximum absolute atomic E-state index is 13.4. The number of halogens is 3. The molecule has 0 aliphatic carbocycles. The Morgan fingerprint density at radius 2 is 1.80 bits per heavy atom. The minimum absolute atomic E-state index is 0.189. The number of nitrogens with one attached hydrogen (secondary N) is 2. The van der Waals surface area contributed by atoms with Gasteiger partial charge in [-0.15, -0.1) is 0 Å². The molecule has 4 aromatic carbocycles. The summed E-state index contributed by atoms with van der Waals surface area (Å²) in [5, 5.41) is 14.9. The molecule has 0 saturated carbocycles. The monoisotopic (exact) mass is 688 g/mol. The number of esters is 1. The van der Waals surface area contributed by atoms with Crippen LogP contribution in [0, 0.1) is 18.3 Å². The molecule has 202 valence electrons. The van der Waals surface area contributed by atoms with Crippen LogP contribution in [0.4, 0.5) is 0 Å². The molecular weight excluding hydrogens is 672 g/mol. The van der Waals surface area contributed by atoms with Crippen molar-refractivity contribution in [2.45, 2.75) is 6.92 Å². The predicted octanol–water partition coefficient (Wildman–Crippen LogP) is 8.18. The zero-order valence-electron chi connectivity index (χ0n) is 21.3. The van der Waals surface area contributed by atoms with E-state index in [1.165, 1.54) is 6.21 Å². The van der Waals surface area contributed by atoms with Crippen molar-refractivity contribution in [1.29, 1.82) is 5.26 Å². The topological polar surface area (TPSA) is 107 Å². The molecular formula is C31H19Br2ClN4O3. The van der Waals surface area contributed by atoms with Gasteiger partial charge in [0.25, 0.3) is 5.91 Å². The number of para-hydroxylation sites is 1. The van der Waals surface area contributed by atoms with Gasteiger partial charge in [-0.2, -0.15) is 10.4 Å². The van der Waals surface area contributed by atoms with Gasteiger partial charge >= 0.3 is 5.97 Å². The maximum atomic E-state index is 13.4. The fourth-order valence-electron chi connectivity index (χ4n) is 4.27. The number of carbonyl (C=O) groups excluding carboxylic acids is 2. The van der Waals surface area contributed by atoms with Crippen molar-refractivity contribution in [2.75, 3.05) is 0 Å². The van der Waals surface area contributed by atoms with Crippen molar-refractivity contribution >= 4 is 72.5 Å². The highest BCUT2D eigenvalue weighted by molar-refractivity contribution is 9.11. The first-order chi connectivity index (χ1) is 19.8. The van der Waals surface area contributed by atoms with Crippen LogP contribution in [-0.2, 0) is 0 Å². The third-order valence-corrected chi connectivity index (χ3v) is 7.59. The van der Waals surface area contributed by atoms with Crippen LogP contribution in [0.25, 0.3) is 22.0 Å². The van der Waals surface area contributed by atoms with Crippen molar-refractivity contribution in [3.8, 4) is 22.9 Å². The van der Waals surface area contributed by atoms with Crippen molar-refractivity contribution in [2.24, 2.45) is 5.10 Å². The molecule has 0 aliphatic heterocycles. The lowest BCUT2D eigenvalue weighted by Crippen LogP contribution is -2.19. The number of aryl methyl sites for hydroxylation is 1. The van der Waals surface area contributed by atoms with Crippen LogP contribution < -0.4 is 10.2 Å². The molecule has 5 rings (SSSR count). The molecule has 7 nitrogen and oxygen atoms in total. The number of aromatic amines is 1. The molecule has 2 N–H and O–H groups in total. The molecule has 0 bridgehead atoms. The third-order valence-electron chi connectivity index (χ3n) is 6.21. The van der Waals surface area contributed by atoms with Gasteiger partial charge in [0.05, 0.1) is 27.3 Å². The van der Waals surface area contributed by atoms with Crippen LogP contribution in [0.5, 0.6) is 5.75 Å². The molecule has 0 radical (unpaired) electrons. The van der Waals surface area contributed by atoms with E-state index < -0.39 is 11.9 Å². The molecule has 0 fully saturated rings. The minimum atomic E-state index is -0.552. The number of hydrogen-bond donors (Lipinski definition) is 2. The van der Waals surface area contributed by atoms with Crippen LogP contribution in [0.15, 0.2) is 92.9 Å². The predicted molar refractivity (Wildman–Crippen MR) is 166 cm³/mol. The Hall–Kier alpha value is -4.23. The van der Waals surface area contributed by atoms with Gasteiger partial charge in [0.1, 0.15) is 11.8 Å². The van der Waals surface area contributed by atoms with E-state index >= 15 is 0 Å². The summed E-state index contributed by atoms with van der Waals surface area (Å²) < 4.78 is 6.91. The van der Waals surface area contributed by atoms with Gasteiger partial charge in [0.15, 0.2) is 5.75 Å². The highest BCUT2D eigenvalue weighted by Gasteiger charge is 2.22. The molecule has 10 heteroatoms. The molecule has 1 amide bonds. The number of hydrazone groups is 1. The van der Waals surface area contributed by atoms with E-state index in [1.54, 1.807) is 54.6 Å². The van der Waals surface area contributed by atoms with E-state index in [1.807, 2.05) is 31.2 Å². The molecule has 0 spiro atoms. The highest BCUT2D eigenvalue weighted by atomic mass is 79.9. The Morgan fingerprint density at radius 1 is 1.05 bits per heavy atom. The van der Waals surface area contributed by atoms with Crippen molar-refractivity contribution in [3.63, 3.8) is 0 Å². The van der Waals surface area contributed by atoms with Gasteiger partial charge in [0, 0.05) is 31.6 Å². The van der Waals surface area contributed by atoms with Gasteiger partial charge in [-0.1, -0.05) is 75.6 Å². The number of nitrogens with zero attached hydrogens (tertiary/aromatic N) is 2. The molecule has 1 heterocycles. The summed E-state index contributed by atoms with van der Waals surface area (Å²) in [4.78, 5) is 29.3. The van der Waals surface area contributed by atoms with E-state index in [-0.39, 0.29) is 11.4 Å². The van der Waals surface area contributed by atoms with E-state index in [2.05, 4.69) is 53.4 Å². The molecule has 5 aromatic rings. The fourth-order valence-corrected chi connectivity index (χ4v) is 5.84. The zero-order valence-corrected chi connectivity index (χ0v) is 25.3. The number of hydrogen-bond acceptors (Lipinski definition) is 5. The Labute approximate surface area is 257 Å². The lowest BCUT2D eigenvalue weighted by atomic mass is 10.0. The fraction of sp³-hybridized carbons (Fsp3) is 0.0323. The van der Waals surface area contributed by atoms with Gasteiger partial charge < -0.3 is 9.72 Å². The number of H-pyrrole nitrogens is 1. The quantitative estimate of drug-likeness (QED) is 0.0811. The van der Waals surface area contributed by atoms with Crippen LogP contribution in [0.3, 0.4) is 0 Å². The van der Waals surface area contributed by atoms with E-state index in [0.717, 1.165) is 5.56 Å². The number of ether oxygens (including phenoxy) is 1. The third kappa shape index (κ3) is 5.95. The van der Waals surface area contributed by atoms with Crippen LogP contribution in [-0.4, -0.2) is 23.1 Å². The van der Waals surface area contributed by atoms with Crippen LogP contribution >= 0.6 is 43.5 Å². The Kier molecular flexibility index (Phi) is 8.36. The Morgan fingerprint density at radius 3 is 2.54 bits per heavy atom. The molecule has 0 saturated heterocycles. The lowest BCUT2D eigenvalue weighted by Gasteiger charge is -2.11. The number of amides is 1. The van der Waals surface area contributed by atoms with Gasteiger partial charge in [0.2, 0.25) is 0 Å². The first-order valence-corrected chi connectivity index (χ1v) is 14.1. The van der Waals surface area contributed by atoms with Crippen molar-refractivity contribution in [3.05, 3.63) is 121 Å². The minimum Gasteiger partial charge on any atom is -0.421 e. The average Bonchev–Trinajstić information content (AvgIpc) is 3.35. The SMILES string of the molecule is Cc1ccc(C(=O)Oc2c(Br)cc(Br)cc2C=NNC(=O)c2[nH]c3c(C#N)cccc3c2-c2ccccc2Cl)cc1. The van der Waals surface area contributed by atoms with Crippen molar-refractivity contribution < 1.29 is 14.3 Å². The second-order valence-corrected chi connectivity index (χ2v) is 11.1. The maximum Gasteiger partial charge on any atom is 0.343 e. The average molecular weight is 691 g/mol. The first-order valence-electron chi connectivity index (χ1n) is 12.2. The van der Waals surface area contributed by atoms with Crippen LogP contribution in [0.1, 0.15) is 37.5 Å². The summed E-state index contributed by atoms with van der Waals surface area (Å²) in [5.74, 6) is -0.858. The molecule has 0 aliphatic rings. The number of benzene rings is 4.